The first-order valence-electron chi connectivity index (χ1n) is 11.2. The third-order valence-electron chi connectivity index (χ3n) is 6.18. The first kappa shape index (κ1) is 22.9. The molecule has 1 amide bonds. The Morgan fingerprint density at radius 1 is 0.972 bits per heavy atom. The van der Waals surface area contributed by atoms with E-state index in [0.29, 0.717) is 22.1 Å². The van der Waals surface area contributed by atoms with E-state index in [1.165, 1.54) is 24.3 Å². The number of carboxylic acid groups (broad SMARTS) is 1. The number of fused-ring (bicyclic) bond motifs is 2. The van der Waals surface area contributed by atoms with E-state index in [2.05, 4.69) is 5.32 Å². The summed E-state index contributed by atoms with van der Waals surface area (Å²) in [6.45, 7) is 1.73. The molecule has 0 saturated carbocycles. The van der Waals surface area contributed by atoms with Crippen LogP contribution in [0, 0.1) is 6.92 Å². The van der Waals surface area contributed by atoms with Gasteiger partial charge in [-0.25, -0.2) is 9.59 Å². The number of benzene rings is 3. The van der Waals surface area contributed by atoms with E-state index in [4.69, 9.17) is 8.83 Å². The van der Waals surface area contributed by atoms with Gasteiger partial charge in [0, 0.05) is 22.4 Å². The number of phenols is 1. The van der Waals surface area contributed by atoms with Crippen LogP contribution in [0.5, 0.6) is 5.75 Å². The number of carbonyl (C=O) groups is 2. The fraction of sp³-hybridized carbons (Fsp3) is 0.107. The second-order valence-electron chi connectivity index (χ2n) is 8.46. The normalized spacial score (nSPS) is 12.0. The van der Waals surface area contributed by atoms with Crippen molar-refractivity contribution < 1.29 is 28.6 Å². The predicted octanol–water partition coefficient (Wildman–Crippen LogP) is 4.70. The highest BCUT2D eigenvalue weighted by atomic mass is 16.4. The van der Waals surface area contributed by atoms with Gasteiger partial charge in [0.25, 0.3) is 0 Å². The van der Waals surface area contributed by atoms with Crippen molar-refractivity contribution in [3.8, 4) is 16.9 Å². The Morgan fingerprint density at radius 2 is 1.69 bits per heavy atom. The van der Waals surface area contributed by atoms with Crippen molar-refractivity contribution in [2.45, 2.75) is 19.4 Å². The number of amides is 1. The number of hydrogen-bond donors (Lipinski definition) is 3. The number of phenolic OH excluding ortho intramolecular Hbond substituents is 1. The molecule has 8 nitrogen and oxygen atoms in total. The lowest BCUT2D eigenvalue weighted by molar-refractivity contribution is -0.142. The number of nitrogens with one attached hydrogen (secondary N) is 1. The van der Waals surface area contributed by atoms with Crippen molar-refractivity contribution in [1.29, 1.82) is 0 Å². The number of furan rings is 1. The standard InChI is InChI=1S/C28H21NO7/c1-15-19-11-21-22(16-5-3-2-4-6-16)14-35-23(21)13-24(19)36-28(34)20(15)12-25(31)29-26(27(32)33)17-7-9-18(30)10-8-17/h2-11,13-14,26,30H,12H2,1H3,(H,29,31)(H,32,33). The van der Waals surface area contributed by atoms with E-state index >= 15 is 0 Å². The predicted molar refractivity (Wildman–Crippen MR) is 133 cm³/mol. The van der Waals surface area contributed by atoms with Gasteiger partial charge in [-0.3, -0.25) is 4.79 Å². The zero-order valence-electron chi connectivity index (χ0n) is 19.1. The summed E-state index contributed by atoms with van der Waals surface area (Å²) in [6.07, 6.45) is 1.29. The van der Waals surface area contributed by atoms with Crippen molar-refractivity contribution in [3.63, 3.8) is 0 Å². The van der Waals surface area contributed by atoms with E-state index in [0.717, 1.165) is 16.5 Å². The van der Waals surface area contributed by atoms with Crippen LogP contribution in [-0.4, -0.2) is 22.1 Å². The molecule has 1 unspecified atom stereocenters. The lowest BCUT2D eigenvalue weighted by Crippen LogP contribution is -2.35. The number of aliphatic carboxylic acids is 1. The van der Waals surface area contributed by atoms with Crippen molar-refractivity contribution in [1.82, 2.24) is 5.32 Å². The van der Waals surface area contributed by atoms with Crippen LogP contribution in [0.3, 0.4) is 0 Å². The SMILES string of the molecule is Cc1c(CC(=O)NC(C(=O)O)c2ccc(O)cc2)c(=O)oc2cc3occ(-c4ccccc4)c3cc12. The van der Waals surface area contributed by atoms with Gasteiger partial charge in [0.15, 0.2) is 6.04 Å². The van der Waals surface area contributed by atoms with Crippen LogP contribution in [-0.2, 0) is 16.0 Å². The molecule has 1 atom stereocenters. The molecule has 0 aliphatic carbocycles. The van der Waals surface area contributed by atoms with Crippen LogP contribution in [0.2, 0.25) is 0 Å². The quantitative estimate of drug-likeness (QED) is 0.298. The maximum atomic E-state index is 12.8. The Bertz CT molecular complexity index is 1660. The summed E-state index contributed by atoms with van der Waals surface area (Å²) in [5, 5.41) is 23.0. The molecule has 3 N–H and O–H groups in total. The van der Waals surface area contributed by atoms with Crippen LogP contribution >= 0.6 is 0 Å². The summed E-state index contributed by atoms with van der Waals surface area (Å²) in [5.74, 6) is -1.95. The number of aryl methyl sites for hydroxylation is 1. The maximum absolute atomic E-state index is 12.8. The van der Waals surface area contributed by atoms with E-state index < -0.39 is 23.5 Å². The molecule has 3 aromatic carbocycles. The van der Waals surface area contributed by atoms with Crippen LogP contribution in [0.4, 0.5) is 0 Å². The Hall–Kier alpha value is -4.85. The number of hydrogen-bond acceptors (Lipinski definition) is 6. The van der Waals surface area contributed by atoms with Gasteiger partial charge in [-0.1, -0.05) is 42.5 Å². The third-order valence-corrected chi connectivity index (χ3v) is 6.18. The molecule has 0 radical (unpaired) electrons. The van der Waals surface area contributed by atoms with Crippen molar-refractivity contribution in [3.05, 3.63) is 100 Å². The van der Waals surface area contributed by atoms with Gasteiger partial charge in [0.05, 0.1) is 18.2 Å². The fourth-order valence-electron chi connectivity index (χ4n) is 4.28. The van der Waals surface area contributed by atoms with E-state index in [9.17, 15) is 24.6 Å². The van der Waals surface area contributed by atoms with Crippen molar-refractivity contribution >= 4 is 33.8 Å². The molecule has 8 heteroatoms. The van der Waals surface area contributed by atoms with Gasteiger partial charge >= 0.3 is 11.6 Å². The molecule has 5 rings (SSSR count). The summed E-state index contributed by atoms with van der Waals surface area (Å²) in [6, 6.07) is 17.4. The highest BCUT2D eigenvalue weighted by molar-refractivity contribution is 6.02. The van der Waals surface area contributed by atoms with Crippen molar-refractivity contribution in [2.24, 2.45) is 0 Å². The minimum Gasteiger partial charge on any atom is -0.508 e. The van der Waals surface area contributed by atoms with Crippen LogP contribution in [0.15, 0.2) is 86.6 Å². The van der Waals surface area contributed by atoms with Gasteiger partial charge in [0.1, 0.15) is 16.9 Å². The number of carboxylic acids is 1. The molecule has 0 aliphatic rings. The Labute approximate surface area is 204 Å². The smallest absolute Gasteiger partial charge is 0.340 e. The monoisotopic (exact) mass is 483 g/mol. The average molecular weight is 483 g/mol. The Morgan fingerprint density at radius 3 is 2.39 bits per heavy atom. The van der Waals surface area contributed by atoms with Gasteiger partial charge in [-0.2, -0.15) is 0 Å². The fourth-order valence-corrected chi connectivity index (χ4v) is 4.28. The molecule has 0 aliphatic heterocycles. The number of carbonyl (C=O) groups excluding carboxylic acids is 1. The van der Waals surface area contributed by atoms with E-state index in [1.807, 2.05) is 36.4 Å². The number of rotatable bonds is 6. The average Bonchev–Trinajstić information content (AvgIpc) is 3.28. The molecule has 5 aromatic rings. The maximum Gasteiger partial charge on any atom is 0.340 e. The summed E-state index contributed by atoms with van der Waals surface area (Å²) < 4.78 is 11.2. The molecule has 0 fully saturated rings. The van der Waals surface area contributed by atoms with Crippen LogP contribution in [0.25, 0.3) is 33.1 Å². The second-order valence-corrected chi connectivity index (χ2v) is 8.46. The summed E-state index contributed by atoms with van der Waals surface area (Å²) in [7, 11) is 0. The van der Waals surface area contributed by atoms with Gasteiger partial charge in [-0.15, -0.1) is 0 Å². The van der Waals surface area contributed by atoms with Gasteiger partial charge < -0.3 is 24.4 Å². The van der Waals surface area contributed by atoms with Gasteiger partial charge in [-0.05, 0) is 41.8 Å². The molecular formula is C28H21NO7. The molecule has 36 heavy (non-hydrogen) atoms. The first-order valence-corrected chi connectivity index (χ1v) is 11.2. The lowest BCUT2D eigenvalue weighted by Gasteiger charge is -2.15. The molecule has 0 spiro atoms. The second kappa shape index (κ2) is 9.07. The van der Waals surface area contributed by atoms with Gasteiger partial charge in [0.2, 0.25) is 5.91 Å². The molecule has 0 saturated heterocycles. The van der Waals surface area contributed by atoms with Crippen molar-refractivity contribution in [2.75, 3.05) is 0 Å². The van der Waals surface area contributed by atoms with Crippen LogP contribution in [0.1, 0.15) is 22.7 Å². The highest BCUT2D eigenvalue weighted by Crippen LogP contribution is 2.34. The molecule has 0 bridgehead atoms. The van der Waals surface area contributed by atoms with Crippen LogP contribution < -0.4 is 10.9 Å². The molecule has 2 aromatic heterocycles. The van der Waals surface area contributed by atoms with E-state index in [1.54, 1.807) is 19.3 Å². The largest absolute Gasteiger partial charge is 0.508 e. The summed E-state index contributed by atoms with van der Waals surface area (Å²) >= 11 is 0. The summed E-state index contributed by atoms with van der Waals surface area (Å²) in [4.78, 5) is 37.3. The molecular weight excluding hydrogens is 462 g/mol. The topological polar surface area (TPSA) is 130 Å². The number of aromatic hydroxyl groups is 1. The zero-order chi connectivity index (χ0) is 25.4. The minimum absolute atomic E-state index is 0.0271. The highest BCUT2D eigenvalue weighted by Gasteiger charge is 2.24. The Kier molecular flexibility index (Phi) is 5.77. The molecule has 2 heterocycles. The third kappa shape index (κ3) is 4.20. The molecule has 180 valence electrons. The minimum atomic E-state index is -1.34. The summed E-state index contributed by atoms with van der Waals surface area (Å²) in [5.41, 5.74) is 3.06. The Balaban J connectivity index is 1.50. The lowest BCUT2D eigenvalue weighted by atomic mass is 9.99. The van der Waals surface area contributed by atoms with E-state index in [-0.39, 0.29) is 23.3 Å². The first-order chi connectivity index (χ1) is 17.3. The zero-order valence-corrected chi connectivity index (χ0v) is 19.1.